The standard InChI is InChI=1S/C11H9IN3OS/c1-2-9-14-15-11(17-9)13-10(16)7-5-3-4-6-8(7)12/h3-6H,2H2,1H3. The van der Waals surface area contributed by atoms with Gasteiger partial charge >= 0.3 is 0 Å². The Kier molecular flexibility index (Phi) is 4.16. The number of hydrogen-bond acceptors (Lipinski definition) is 3. The van der Waals surface area contributed by atoms with Crippen LogP contribution in [0.5, 0.6) is 0 Å². The minimum absolute atomic E-state index is 0.270. The van der Waals surface area contributed by atoms with Crippen molar-refractivity contribution >= 4 is 50.5 Å². The van der Waals surface area contributed by atoms with Crippen LogP contribution in [0.3, 0.4) is 0 Å². The van der Waals surface area contributed by atoms with E-state index in [1.54, 1.807) is 6.07 Å². The molecule has 0 atom stereocenters. The van der Waals surface area contributed by atoms with Gasteiger partial charge in [0, 0.05) is 3.57 Å². The number of amidine groups is 1. The molecule has 1 radical (unpaired) electrons. The fraction of sp³-hybridized carbons (Fsp3) is 0.182. The van der Waals surface area contributed by atoms with Crippen molar-refractivity contribution in [2.45, 2.75) is 13.3 Å². The number of benzene rings is 1. The van der Waals surface area contributed by atoms with Crippen LogP contribution in [-0.4, -0.2) is 16.1 Å². The lowest BCUT2D eigenvalue weighted by atomic mass is 10.2. The molecule has 17 heavy (non-hydrogen) atoms. The number of aliphatic imine (C=N–C) groups is 1. The summed E-state index contributed by atoms with van der Waals surface area (Å²) in [4.78, 5) is 15.9. The molecule has 1 aliphatic rings. The summed E-state index contributed by atoms with van der Waals surface area (Å²) in [6.07, 6.45) is 0.810. The van der Waals surface area contributed by atoms with Crippen molar-refractivity contribution in [1.82, 2.24) is 5.43 Å². The second-order valence-electron chi connectivity index (χ2n) is 3.23. The van der Waals surface area contributed by atoms with E-state index in [1.165, 1.54) is 11.8 Å². The Hall–Kier alpha value is -0.890. The van der Waals surface area contributed by atoms with Gasteiger partial charge in [0.15, 0.2) is 0 Å². The maximum Gasteiger partial charge on any atom is 0.280 e. The van der Waals surface area contributed by atoms with Crippen LogP contribution >= 0.6 is 34.4 Å². The normalized spacial score (nSPS) is 16.8. The molecule has 0 aromatic heterocycles. The molecular weight excluding hydrogens is 349 g/mol. The molecule has 0 unspecified atom stereocenters. The second kappa shape index (κ2) is 5.63. The minimum Gasteiger partial charge on any atom is -0.267 e. The van der Waals surface area contributed by atoms with Gasteiger partial charge in [-0.2, -0.15) is 4.99 Å². The maximum atomic E-state index is 11.9. The van der Waals surface area contributed by atoms with Crippen molar-refractivity contribution < 1.29 is 4.79 Å². The van der Waals surface area contributed by atoms with Gasteiger partial charge in [0.1, 0.15) is 5.04 Å². The van der Waals surface area contributed by atoms with Crippen LogP contribution in [0.1, 0.15) is 23.7 Å². The predicted molar refractivity (Wildman–Crippen MR) is 78.4 cm³/mol. The van der Waals surface area contributed by atoms with Crippen LogP contribution in [0.4, 0.5) is 0 Å². The summed E-state index contributed by atoms with van der Waals surface area (Å²) >= 11 is 3.47. The molecule has 0 bridgehead atoms. The Morgan fingerprint density at radius 1 is 1.47 bits per heavy atom. The molecule has 1 amide bonds. The summed E-state index contributed by atoms with van der Waals surface area (Å²) in [5, 5.41) is 5.24. The Morgan fingerprint density at radius 3 is 2.88 bits per heavy atom. The van der Waals surface area contributed by atoms with E-state index in [1.807, 2.05) is 25.1 Å². The topological polar surface area (TPSA) is 55.9 Å². The lowest BCUT2D eigenvalue weighted by Crippen LogP contribution is -2.06. The third-order valence-electron chi connectivity index (χ3n) is 2.06. The molecule has 0 aliphatic carbocycles. The molecule has 2 rings (SSSR count). The van der Waals surface area contributed by atoms with Gasteiger partial charge < -0.3 is 0 Å². The van der Waals surface area contributed by atoms with Crippen molar-refractivity contribution in [3.63, 3.8) is 0 Å². The predicted octanol–water partition coefficient (Wildman–Crippen LogP) is 2.86. The molecule has 0 N–H and O–H groups in total. The zero-order valence-electron chi connectivity index (χ0n) is 9.05. The molecule has 1 aromatic rings. The van der Waals surface area contributed by atoms with E-state index >= 15 is 0 Å². The number of amides is 1. The second-order valence-corrected chi connectivity index (χ2v) is 5.43. The highest BCUT2D eigenvalue weighted by atomic mass is 127. The van der Waals surface area contributed by atoms with Gasteiger partial charge in [0.05, 0.1) is 5.56 Å². The maximum absolute atomic E-state index is 11.9. The zero-order valence-corrected chi connectivity index (χ0v) is 12.0. The van der Waals surface area contributed by atoms with Crippen molar-refractivity contribution in [2.75, 3.05) is 0 Å². The van der Waals surface area contributed by atoms with Gasteiger partial charge in [0.2, 0.25) is 5.17 Å². The molecular formula is C11H9IN3OS. The largest absolute Gasteiger partial charge is 0.280 e. The summed E-state index contributed by atoms with van der Waals surface area (Å²) in [6, 6.07) is 7.34. The average molecular weight is 358 g/mol. The smallest absolute Gasteiger partial charge is 0.267 e. The minimum atomic E-state index is -0.270. The molecule has 0 fully saturated rings. The quantitative estimate of drug-likeness (QED) is 0.764. The molecule has 6 heteroatoms. The first-order valence-electron chi connectivity index (χ1n) is 5.03. The van der Waals surface area contributed by atoms with Gasteiger partial charge in [-0.25, -0.2) is 0 Å². The molecule has 0 saturated heterocycles. The van der Waals surface area contributed by atoms with Gasteiger partial charge in [0.25, 0.3) is 5.91 Å². The van der Waals surface area contributed by atoms with Crippen LogP contribution in [0.2, 0.25) is 0 Å². The number of hydrogen-bond donors (Lipinski definition) is 0. The number of nitrogens with zero attached hydrogens (tertiary/aromatic N) is 3. The first kappa shape index (κ1) is 12.6. The van der Waals surface area contributed by atoms with Gasteiger partial charge in [-0.15, -0.1) is 10.5 Å². The molecule has 1 aliphatic heterocycles. The summed E-state index contributed by atoms with van der Waals surface area (Å²) in [6.45, 7) is 1.99. The van der Waals surface area contributed by atoms with E-state index in [0.717, 1.165) is 15.0 Å². The zero-order chi connectivity index (χ0) is 12.3. The Labute approximate surface area is 117 Å². The van der Waals surface area contributed by atoms with Crippen molar-refractivity contribution in [3.8, 4) is 0 Å². The van der Waals surface area contributed by atoms with E-state index in [2.05, 4.69) is 38.1 Å². The lowest BCUT2D eigenvalue weighted by molar-refractivity contribution is 0.100. The first-order chi connectivity index (χ1) is 8.20. The monoisotopic (exact) mass is 358 g/mol. The van der Waals surface area contributed by atoms with E-state index in [-0.39, 0.29) is 5.91 Å². The molecule has 0 spiro atoms. The highest BCUT2D eigenvalue weighted by Crippen LogP contribution is 2.18. The molecule has 1 aromatic carbocycles. The molecule has 0 saturated carbocycles. The number of halogens is 1. The Morgan fingerprint density at radius 2 is 2.24 bits per heavy atom. The Bertz CT molecular complexity index is 513. The number of thioether (sulfide) groups is 1. The van der Waals surface area contributed by atoms with Gasteiger partial charge in [-0.3, -0.25) is 4.79 Å². The van der Waals surface area contributed by atoms with Gasteiger partial charge in [-0.1, -0.05) is 19.1 Å². The van der Waals surface area contributed by atoms with Crippen molar-refractivity contribution in [3.05, 3.63) is 33.4 Å². The van der Waals surface area contributed by atoms with E-state index < -0.39 is 0 Å². The SMILES string of the molecule is CCC1=N[N]C(=NC(=O)c2ccccc2I)S1. The highest BCUT2D eigenvalue weighted by Gasteiger charge is 2.17. The fourth-order valence-corrected chi connectivity index (χ4v) is 2.48. The van der Waals surface area contributed by atoms with Crippen LogP contribution in [0, 0.1) is 3.57 Å². The van der Waals surface area contributed by atoms with Crippen molar-refractivity contribution in [1.29, 1.82) is 0 Å². The van der Waals surface area contributed by atoms with Crippen LogP contribution < -0.4 is 5.43 Å². The average Bonchev–Trinajstić information content (AvgIpc) is 2.77. The summed E-state index contributed by atoms with van der Waals surface area (Å²) in [5.41, 5.74) is 4.46. The fourth-order valence-electron chi connectivity index (χ4n) is 1.21. The molecule has 1 heterocycles. The van der Waals surface area contributed by atoms with E-state index in [4.69, 9.17) is 0 Å². The van der Waals surface area contributed by atoms with Gasteiger partial charge in [-0.05, 0) is 52.9 Å². The number of carbonyl (C=O) groups is 1. The third kappa shape index (κ3) is 3.06. The number of rotatable bonds is 2. The van der Waals surface area contributed by atoms with Crippen LogP contribution in [0.15, 0.2) is 34.4 Å². The lowest BCUT2D eigenvalue weighted by Gasteiger charge is -1.98. The first-order valence-corrected chi connectivity index (χ1v) is 6.93. The van der Waals surface area contributed by atoms with E-state index in [0.29, 0.717) is 10.7 Å². The van der Waals surface area contributed by atoms with Crippen molar-refractivity contribution in [2.24, 2.45) is 10.1 Å². The molecule has 4 nitrogen and oxygen atoms in total. The third-order valence-corrected chi connectivity index (χ3v) is 3.96. The summed E-state index contributed by atoms with van der Waals surface area (Å²) < 4.78 is 0.888. The summed E-state index contributed by atoms with van der Waals surface area (Å²) in [5.74, 6) is -0.270. The Balaban J connectivity index is 2.14. The summed E-state index contributed by atoms with van der Waals surface area (Å²) in [7, 11) is 0. The van der Waals surface area contributed by atoms with E-state index in [9.17, 15) is 4.79 Å². The highest BCUT2D eigenvalue weighted by molar-refractivity contribution is 14.1. The number of carbonyl (C=O) groups excluding carboxylic acids is 1. The van der Waals surface area contributed by atoms with Crippen LogP contribution in [0.25, 0.3) is 0 Å². The van der Waals surface area contributed by atoms with Crippen LogP contribution in [-0.2, 0) is 0 Å². The molecule has 87 valence electrons.